The van der Waals surface area contributed by atoms with Crippen LogP contribution in [0.5, 0.6) is 0 Å². The zero-order valence-corrected chi connectivity index (χ0v) is 8.71. The molecule has 78 valence electrons. The summed E-state index contributed by atoms with van der Waals surface area (Å²) in [4.78, 5) is 12.6. The smallest absolute Gasteiger partial charge is 0.409 e. The van der Waals surface area contributed by atoms with E-state index in [1.807, 2.05) is 0 Å². The Balaban J connectivity index is 0.000000424. The molecule has 0 radical (unpaired) electrons. The summed E-state index contributed by atoms with van der Waals surface area (Å²) >= 11 is 0. The van der Waals surface area contributed by atoms with Gasteiger partial charge in [0.25, 0.3) is 0 Å². The van der Waals surface area contributed by atoms with Crippen LogP contribution in [0, 0.1) is 0 Å². The van der Waals surface area contributed by atoms with Crippen molar-refractivity contribution in [3.63, 3.8) is 0 Å². The van der Waals surface area contributed by atoms with Gasteiger partial charge >= 0.3 is 6.09 Å². The highest BCUT2D eigenvalue weighted by Crippen LogP contribution is 2.08. The fourth-order valence-electron chi connectivity index (χ4n) is 1.21. The second-order valence-electron chi connectivity index (χ2n) is 2.93. The van der Waals surface area contributed by atoms with E-state index in [0.717, 1.165) is 25.9 Å². The Morgan fingerprint density at radius 1 is 1.08 bits per heavy atom. The van der Waals surface area contributed by atoms with Crippen LogP contribution in [0.1, 0.15) is 19.3 Å². The van der Waals surface area contributed by atoms with Gasteiger partial charge < -0.3 is 14.4 Å². The third-order valence-electron chi connectivity index (χ3n) is 1.79. The van der Waals surface area contributed by atoms with Crippen molar-refractivity contribution in [2.24, 2.45) is 0 Å². The number of carbonyl (C=O) groups excluding carboxylic acids is 1. The largest absolute Gasteiger partial charge is 0.453 e. The fourth-order valence-corrected chi connectivity index (χ4v) is 1.21. The minimum absolute atomic E-state index is 0.181. The number of amides is 1. The lowest BCUT2D eigenvalue weighted by Gasteiger charge is -2.24. The van der Waals surface area contributed by atoms with Gasteiger partial charge in [0.05, 0.1) is 7.11 Å². The Labute approximate surface area is 79.8 Å². The van der Waals surface area contributed by atoms with E-state index in [1.54, 1.807) is 19.1 Å². The van der Waals surface area contributed by atoms with Crippen molar-refractivity contribution >= 4 is 6.09 Å². The summed E-state index contributed by atoms with van der Waals surface area (Å²) < 4.78 is 8.83. The van der Waals surface area contributed by atoms with E-state index < -0.39 is 0 Å². The molecule has 1 heterocycles. The van der Waals surface area contributed by atoms with Crippen LogP contribution >= 0.6 is 0 Å². The summed E-state index contributed by atoms with van der Waals surface area (Å²) in [5.41, 5.74) is 0. The molecule has 0 unspecified atom stereocenters. The monoisotopic (exact) mass is 189 g/mol. The summed E-state index contributed by atoms with van der Waals surface area (Å²) in [6.45, 7) is 1.74. The number of likely N-dealkylation sites (tertiary alicyclic amines) is 1. The van der Waals surface area contributed by atoms with E-state index in [4.69, 9.17) is 0 Å². The first-order chi connectivity index (χ1) is 6.26. The molecule has 0 bridgehead atoms. The Morgan fingerprint density at radius 2 is 1.54 bits per heavy atom. The number of rotatable bonds is 0. The molecule has 1 rings (SSSR count). The van der Waals surface area contributed by atoms with Gasteiger partial charge in [-0.15, -0.1) is 0 Å². The lowest BCUT2D eigenvalue weighted by Crippen LogP contribution is -2.35. The summed E-state index contributed by atoms with van der Waals surface area (Å²) in [5, 5.41) is 0. The summed E-state index contributed by atoms with van der Waals surface area (Å²) in [6.07, 6.45) is 3.30. The molecule has 13 heavy (non-hydrogen) atoms. The van der Waals surface area contributed by atoms with Crippen molar-refractivity contribution in [3.8, 4) is 0 Å². The number of methoxy groups -OCH3 is 2. The van der Waals surface area contributed by atoms with E-state index in [-0.39, 0.29) is 6.09 Å². The molecule has 0 aromatic rings. The second-order valence-corrected chi connectivity index (χ2v) is 2.93. The molecule has 0 aliphatic carbocycles. The van der Waals surface area contributed by atoms with Gasteiger partial charge in [0.1, 0.15) is 0 Å². The quantitative estimate of drug-likeness (QED) is 0.579. The fraction of sp³-hybridized carbons (Fsp3) is 0.889. The van der Waals surface area contributed by atoms with Gasteiger partial charge in [-0.1, -0.05) is 0 Å². The predicted octanol–water partition coefficient (Wildman–Crippen LogP) is 1.50. The molecule has 1 fully saturated rings. The second kappa shape index (κ2) is 7.86. The highest BCUT2D eigenvalue weighted by Gasteiger charge is 2.15. The molecular formula is C9H19NO3. The Morgan fingerprint density at radius 3 is 1.92 bits per heavy atom. The van der Waals surface area contributed by atoms with E-state index in [9.17, 15) is 4.79 Å². The van der Waals surface area contributed by atoms with Gasteiger partial charge in [0.15, 0.2) is 0 Å². The van der Waals surface area contributed by atoms with Gasteiger partial charge in [-0.05, 0) is 19.3 Å². The van der Waals surface area contributed by atoms with Crippen LogP contribution in [0.25, 0.3) is 0 Å². The zero-order chi connectivity index (χ0) is 10.1. The highest BCUT2D eigenvalue weighted by atomic mass is 16.5. The van der Waals surface area contributed by atoms with E-state index in [2.05, 4.69) is 9.47 Å². The maximum Gasteiger partial charge on any atom is 0.409 e. The van der Waals surface area contributed by atoms with Gasteiger partial charge in [0, 0.05) is 27.3 Å². The maximum atomic E-state index is 10.9. The van der Waals surface area contributed by atoms with E-state index in [1.165, 1.54) is 13.5 Å². The summed E-state index contributed by atoms with van der Waals surface area (Å²) in [5.74, 6) is 0. The molecular weight excluding hydrogens is 170 g/mol. The topological polar surface area (TPSA) is 38.8 Å². The molecule has 1 aliphatic heterocycles. The van der Waals surface area contributed by atoms with Gasteiger partial charge in [-0.2, -0.15) is 0 Å². The molecule has 0 atom stereocenters. The van der Waals surface area contributed by atoms with Gasteiger partial charge in [-0.3, -0.25) is 0 Å². The molecule has 0 saturated carbocycles. The Hall–Kier alpha value is -0.770. The van der Waals surface area contributed by atoms with Gasteiger partial charge in [-0.25, -0.2) is 4.79 Å². The Kier molecular flexibility index (Phi) is 7.39. The summed E-state index contributed by atoms with van der Waals surface area (Å²) in [6, 6.07) is 0. The molecule has 1 aliphatic rings. The molecule has 0 N–H and O–H groups in total. The van der Waals surface area contributed by atoms with Crippen molar-refractivity contribution in [1.82, 2.24) is 4.90 Å². The van der Waals surface area contributed by atoms with Crippen LogP contribution in [-0.2, 0) is 9.47 Å². The first kappa shape index (κ1) is 12.2. The normalized spacial score (nSPS) is 15.8. The number of piperidine rings is 1. The minimum atomic E-state index is -0.181. The number of carbonyl (C=O) groups is 1. The number of hydrogen-bond donors (Lipinski definition) is 0. The van der Waals surface area contributed by atoms with Crippen LogP contribution in [-0.4, -0.2) is 45.4 Å². The molecule has 4 nitrogen and oxygen atoms in total. The SMILES string of the molecule is COC.COC(=O)N1CCCCC1. The van der Waals surface area contributed by atoms with Crippen molar-refractivity contribution in [1.29, 1.82) is 0 Å². The third-order valence-corrected chi connectivity index (χ3v) is 1.79. The van der Waals surface area contributed by atoms with Gasteiger partial charge in [0.2, 0.25) is 0 Å². The highest BCUT2D eigenvalue weighted by molar-refractivity contribution is 5.67. The first-order valence-electron chi connectivity index (χ1n) is 4.49. The van der Waals surface area contributed by atoms with Crippen LogP contribution in [0.15, 0.2) is 0 Å². The first-order valence-corrected chi connectivity index (χ1v) is 4.49. The van der Waals surface area contributed by atoms with Crippen molar-refractivity contribution in [2.75, 3.05) is 34.4 Å². The average molecular weight is 189 g/mol. The maximum absolute atomic E-state index is 10.9. The molecule has 1 saturated heterocycles. The van der Waals surface area contributed by atoms with E-state index in [0.29, 0.717) is 0 Å². The average Bonchev–Trinajstić information content (AvgIpc) is 2.19. The Bertz CT molecular complexity index is 133. The lowest BCUT2D eigenvalue weighted by atomic mass is 10.1. The van der Waals surface area contributed by atoms with Crippen LogP contribution < -0.4 is 0 Å². The molecule has 1 amide bonds. The van der Waals surface area contributed by atoms with Crippen molar-refractivity contribution < 1.29 is 14.3 Å². The molecule has 0 spiro atoms. The number of nitrogens with zero attached hydrogens (tertiary/aromatic N) is 1. The van der Waals surface area contributed by atoms with E-state index >= 15 is 0 Å². The minimum Gasteiger partial charge on any atom is -0.453 e. The molecule has 0 aromatic heterocycles. The summed E-state index contributed by atoms with van der Waals surface area (Å²) in [7, 11) is 4.68. The third kappa shape index (κ3) is 5.47. The lowest BCUT2D eigenvalue weighted by molar-refractivity contribution is 0.115. The van der Waals surface area contributed by atoms with Crippen LogP contribution in [0.3, 0.4) is 0 Å². The van der Waals surface area contributed by atoms with Crippen molar-refractivity contribution in [2.45, 2.75) is 19.3 Å². The molecule has 0 aromatic carbocycles. The zero-order valence-electron chi connectivity index (χ0n) is 8.71. The standard InChI is InChI=1S/C7H13NO2.C2H6O/c1-10-7(9)8-5-3-2-4-6-8;1-3-2/h2-6H2,1H3;1-2H3. The molecule has 4 heteroatoms. The number of hydrogen-bond acceptors (Lipinski definition) is 3. The van der Waals surface area contributed by atoms with Crippen LogP contribution in [0.4, 0.5) is 4.79 Å². The predicted molar refractivity (Wildman–Crippen MR) is 50.8 cm³/mol. The van der Waals surface area contributed by atoms with Crippen molar-refractivity contribution in [3.05, 3.63) is 0 Å². The van der Waals surface area contributed by atoms with Crippen LogP contribution in [0.2, 0.25) is 0 Å². The number of ether oxygens (including phenoxy) is 2.